The molecule has 2 nitrogen and oxygen atoms in total. The van der Waals surface area contributed by atoms with Crippen LogP contribution in [0.15, 0.2) is 78.9 Å². The minimum absolute atomic E-state index is 0.0453. The Balaban J connectivity index is 1.88. The summed E-state index contributed by atoms with van der Waals surface area (Å²) >= 11 is 0. The van der Waals surface area contributed by atoms with Crippen LogP contribution in [0.5, 0.6) is 0 Å². The summed E-state index contributed by atoms with van der Waals surface area (Å²) in [6, 6.07) is 26.7. The molecule has 0 aliphatic rings. The van der Waals surface area contributed by atoms with Gasteiger partial charge in [0.1, 0.15) is 0 Å². The number of anilines is 1. The summed E-state index contributed by atoms with van der Waals surface area (Å²) in [5.74, 6) is 0.0453. The van der Waals surface area contributed by atoms with Gasteiger partial charge in [0.25, 0.3) is 0 Å². The fourth-order valence-corrected chi connectivity index (χ4v) is 2.77. The summed E-state index contributed by atoms with van der Waals surface area (Å²) < 4.78 is 0. The minimum atomic E-state index is 0.0453. The number of nitrogens with zero attached hydrogens (tertiary/aromatic N) is 1. The lowest BCUT2D eigenvalue weighted by Crippen LogP contribution is -2.27. The van der Waals surface area contributed by atoms with Gasteiger partial charge >= 0.3 is 0 Å². The van der Waals surface area contributed by atoms with Gasteiger partial charge in [-0.1, -0.05) is 66.2 Å². The van der Waals surface area contributed by atoms with E-state index in [0.29, 0.717) is 6.54 Å². The summed E-state index contributed by atoms with van der Waals surface area (Å²) in [6.45, 7) is 4.23. The molecule has 1 amide bonds. The molecule has 0 heterocycles. The van der Waals surface area contributed by atoms with E-state index in [-0.39, 0.29) is 5.91 Å². The summed E-state index contributed by atoms with van der Waals surface area (Å²) in [7, 11) is 0. The summed E-state index contributed by atoms with van der Waals surface area (Å²) in [5.41, 5.74) is 5.59. The van der Waals surface area contributed by atoms with Crippen LogP contribution in [-0.2, 0) is 11.3 Å². The molecule has 0 N–H and O–H groups in total. The van der Waals surface area contributed by atoms with E-state index in [1.807, 2.05) is 60.4 Å². The van der Waals surface area contributed by atoms with Crippen molar-refractivity contribution in [3.8, 4) is 11.1 Å². The van der Waals surface area contributed by atoms with Crippen molar-refractivity contribution >= 4 is 11.6 Å². The van der Waals surface area contributed by atoms with E-state index in [2.05, 4.69) is 30.3 Å². The SMILES string of the molecule is CC(=O)N(Cc1cccc(-c2ccccc2)c1)c1ccc(C)cc1. The van der Waals surface area contributed by atoms with E-state index in [1.54, 1.807) is 6.92 Å². The van der Waals surface area contributed by atoms with E-state index >= 15 is 0 Å². The lowest BCUT2D eigenvalue weighted by atomic mass is 10.0. The molecule has 0 saturated carbocycles. The van der Waals surface area contributed by atoms with Crippen LogP contribution in [0.25, 0.3) is 11.1 Å². The maximum atomic E-state index is 12.1. The van der Waals surface area contributed by atoms with Gasteiger partial charge in [-0.25, -0.2) is 0 Å². The van der Waals surface area contributed by atoms with Gasteiger partial charge in [-0.3, -0.25) is 4.79 Å². The smallest absolute Gasteiger partial charge is 0.224 e. The predicted molar refractivity (Wildman–Crippen MR) is 99.9 cm³/mol. The van der Waals surface area contributed by atoms with Gasteiger partial charge in [0.2, 0.25) is 5.91 Å². The molecule has 0 radical (unpaired) electrons. The zero-order valence-corrected chi connectivity index (χ0v) is 14.1. The molecule has 0 bridgehead atoms. The molecule has 0 unspecified atom stereocenters. The maximum Gasteiger partial charge on any atom is 0.224 e. The molecule has 0 aliphatic carbocycles. The molecule has 0 fully saturated rings. The average molecular weight is 315 g/mol. The van der Waals surface area contributed by atoms with Crippen molar-refractivity contribution in [2.45, 2.75) is 20.4 Å². The summed E-state index contributed by atoms with van der Waals surface area (Å²) in [4.78, 5) is 13.9. The summed E-state index contributed by atoms with van der Waals surface area (Å²) in [5, 5.41) is 0. The number of benzene rings is 3. The molecule has 3 aromatic rings. The fourth-order valence-electron chi connectivity index (χ4n) is 2.77. The third-order valence-electron chi connectivity index (χ3n) is 4.10. The molecule has 120 valence electrons. The Morgan fingerprint density at radius 2 is 1.50 bits per heavy atom. The number of rotatable bonds is 4. The largest absolute Gasteiger partial charge is 0.308 e. The molecule has 3 rings (SSSR count). The van der Waals surface area contributed by atoms with Gasteiger partial charge < -0.3 is 4.90 Å². The van der Waals surface area contributed by atoms with Crippen LogP contribution < -0.4 is 4.90 Å². The fraction of sp³-hybridized carbons (Fsp3) is 0.136. The van der Waals surface area contributed by atoms with Crippen LogP contribution in [-0.4, -0.2) is 5.91 Å². The Bertz CT molecular complexity index is 822. The van der Waals surface area contributed by atoms with Gasteiger partial charge in [0.15, 0.2) is 0 Å². The van der Waals surface area contributed by atoms with Gasteiger partial charge in [0.05, 0.1) is 6.54 Å². The van der Waals surface area contributed by atoms with E-state index in [0.717, 1.165) is 11.3 Å². The van der Waals surface area contributed by atoms with Crippen molar-refractivity contribution in [2.24, 2.45) is 0 Å². The molecular weight excluding hydrogens is 294 g/mol. The molecule has 0 aliphatic heterocycles. The van der Waals surface area contributed by atoms with Crippen LogP contribution in [0.1, 0.15) is 18.1 Å². The number of aryl methyl sites for hydroxylation is 1. The van der Waals surface area contributed by atoms with Crippen LogP contribution in [0.2, 0.25) is 0 Å². The van der Waals surface area contributed by atoms with Crippen molar-refractivity contribution in [2.75, 3.05) is 4.90 Å². The highest BCUT2D eigenvalue weighted by atomic mass is 16.2. The zero-order valence-electron chi connectivity index (χ0n) is 14.1. The number of carbonyl (C=O) groups excluding carboxylic acids is 1. The van der Waals surface area contributed by atoms with Gasteiger partial charge in [-0.15, -0.1) is 0 Å². The Morgan fingerprint density at radius 3 is 2.17 bits per heavy atom. The molecule has 0 atom stereocenters. The molecule has 2 heteroatoms. The van der Waals surface area contributed by atoms with Crippen molar-refractivity contribution in [3.05, 3.63) is 90.0 Å². The first-order chi connectivity index (χ1) is 11.6. The molecule has 0 spiro atoms. The first-order valence-corrected chi connectivity index (χ1v) is 8.12. The highest BCUT2D eigenvalue weighted by molar-refractivity contribution is 5.91. The summed E-state index contributed by atoms with van der Waals surface area (Å²) in [6.07, 6.45) is 0. The zero-order chi connectivity index (χ0) is 16.9. The highest BCUT2D eigenvalue weighted by Gasteiger charge is 2.12. The highest BCUT2D eigenvalue weighted by Crippen LogP contribution is 2.23. The minimum Gasteiger partial charge on any atom is -0.308 e. The van der Waals surface area contributed by atoms with Gasteiger partial charge in [0, 0.05) is 12.6 Å². The second-order valence-electron chi connectivity index (χ2n) is 6.01. The standard InChI is InChI=1S/C22H21NO/c1-17-11-13-22(14-12-17)23(18(2)24)16-19-7-6-10-21(15-19)20-8-4-3-5-9-20/h3-15H,16H2,1-2H3. The van der Waals surface area contributed by atoms with E-state index in [9.17, 15) is 4.79 Å². The number of hydrogen-bond donors (Lipinski definition) is 0. The molecule has 24 heavy (non-hydrogen) atoms. The van der Waals surface area contributed by atoms with Crippen molar-refractivity contribution in [3.63, 3.8) is 0 Å². The number of carbonyl (C=O) groups is 1. The third-order valence-corrected chi connectivity index (χ3v) is 4.10. The second-order valence-corrected chi connectivity index (χ2v) is 6.01. The van der Waals surface area contributed by atoms with Crippen LogP contribution in [0.3, 0.4) is 0 Å². The van der Waals surface area contributed by atoms with Crippen molar-refractivity contribution in [1.82, 2.24) is 0 Å². The molecule has 3 aromatic carbocycles. The Hall–Kier alpha value is -2.87. The lowest BCUT2D eigenvalue weighted by molar-refractivity contribution is -0.116. The second kappa shape index (κ2) is 7.14. The molecule has 0 aromatic heterocycles. The number of amides is 1. The lowest BCUT2D eigenvalue weighted by Gasteiger charge is -2.22. The van der Waals surface area contributed by atoms with E-state index in [4.69, 9.17) is 0 Å². The maximum absolute atomic E-state index is 12.1. The first kappa shape index (κ1) is 16.0. The predicted octanol–water partition coefficient (Wildman–Crippen LogP) is 5.22. The van der Waals surface area contributed by atoms with Gasteiger partial charge in [-0.05, 0) is 41.8 Å². The third kappa shape index (κ3) is 3.72. The quantitative estimate of drug-likeness (QED) is 0.647. The Morgan fingerprint density at radius 1 is 0.833 bits per heavy atom. The molecular formula is C22H21NO. The monoisotopic (exact) mass is 315 g/mol. The molecule has 0 saturated heterocycles. The normalized spacial score (nSPS) is 10.4. The topological polar surface area (TPSA) is 20.3 Å². The Labute approximate surface area is 143 Å². The van der Waals surface area contributed by atoms with E-state index in [1.165, 1.54) is 16.7 Å². The van der Waals surface area contributed by atoms with Crippen LogP contribution >= 0.6 is 0 Å². The van der Waals surface area contributed by atoms with Crippen LogP contribution in [0.4, 0.5) is 5.69 Å². The van der Waals surface area contributed by atoms with E-state index < -0.39 is 0 Å². The Kier molecular flexibility index (Phi) is 4.76. The first-order valence-electron chi connectivity index (χ1n) is 8.12. The van der Waals surface area contributed by atoms with Crippen molar-refractivity contribution < 1.29 is 4.79 Å². The van der Waals surface area contributed by atoms with Gasteiger partial charge in [-0.2, -0.15) is 0 Å². The van der Waals surface area contributed by atoms with Crippen molar-refractivity contribution in [1.29, 1.82) is 0 Å². The van der Waals surface area contributed by atoms with Crippen LogP contribution in [0, 0.1) is 6.92 Å². The number of hydrogen-bond acceptors (Lipinski definition) is 1. The average Bonchev–Trinajstić information content (AvgIpc) is 2.61.